The van der Waals surface area contributed by atoms with Crippen molar-refractivity contribution in [2.24, 2.45) is 17.3 Å². The molecule has 1 aromatic rings. The number of nitrogens with zero attached hydrogens (tertiary/aromatic N) is 1. The first kappa shape index (κ1) is 29.7. The number of thiophene rings is 1. The largest absolute Gasteiger partial charge is 0.465 e. The lowest BCUT2D eigenvalue weighted by Crippen LogP contribution is -2.44. The summed E-state index contributed by atoms with van der Waals surface area (Å²) in [5.41, 5.74) is 0.462. The zero-order chi connectivity index (χ0) is 27.1. The Hall–Kier alpha value is -1.88. The number of hydrogen-bond acceptors (Lipinski definition) is 6. The smallest absolute Gasteiger partial charge is 0.350 e. The molecule has 0 radical (unpaired) electrons. The molecule has 1 saturated heterocycles. The van der Waals surface area contributed by atoms with Gasteiger partial charge in [0.25, 0.3) is 0 Å². The third-order valence-electron chi connectivity index (χ3n) is 8.11. The second-order valence-corrected chi connectivity index (χ2v) is 12.6. The van der Waals surface area contributed by atoms with Gasteiger partial charge < -0.3 is 19.1 Å². The summed E-state index contributed by atoms with van der Waals surface area (Å²) in [4.78, 5) is 27.2. The number of amides is 1. The predicted molar refractivity (Wildman–Crippen MR) is 149 cm³/mol. The first-order valence-corrected chi connectivity index (χ1v) is 14.7. The minimum Gasteiger partial charge on any atom is -0.465 e. The Morgan fingerprint density at radius 2 is 1.70 bits per heavy atom. The fraction of sp³-hybridized carbons (Fsp3) is 0.733. The summed E-state index contributed by atoms with van der Waals surface area (Å²) >= 11 is 1.27. The molecule has 2 saturated carbocycles. The van der Waals surface area contributed by atoms with E-state index in [0.29, 0.717) is 23.8 Å². The summed E-state index contributed by atoms with van der Waals surface area (Å²) in [7, 11) is 1.35. The number of anilines is 1. The van der Waals surface area contributed by atoms with E-state index in [1.165, 1.54) is 44.1 Å². The average Bonchev–Trinajstić information content (AvgIpc) is 3.54. The molecule has 0 N–H and O–H groups in total. The summed E-state index contributed by atoms with van der Waals surface area (Å²) in [6, 6.07) is 1.81. The van der Waals surface area contributed by atoms with Crippen molar-refractivity contribution >= 4 is 29.4 Å². The molecule has 2 heterocycles. The van der Waals surface area contributed by atoms with E-state index in [1.807, 2.05) is 6.07 Å². The fourth-order valence-electron chi connectivity index (χ4n) is 5.07. The van der Waals surface area contributed by atoms with Gasteiger partial charge in [0.1, 0.15) is 4.88 Å². The first-order valence-electron chi connectivity index (χ1n) is 13.9. The highest BCUT2D eigenvalue weighted by Gasteiger charge is 2.42. The van der Waals surface area contributed by atoms with Crippen molar-refractivity contribution in [3.63, 3.8) is 0 Å². The van der Waals surface area contributed by atoms with E-state index in [-0.39, 0.29) is 11.5 Å². The number of esters is 1. The Morgan fingerprint density at radius 1 is 1.14 bits per heavy atom. The fourth-order valence-corrected chi connectivity index (χ4v) is 5.99. The molecule has 1 aromatic heterocycles. The first-order chi connectivity index (χ1) is 17.6. The summed E-state index contributed by atoms with van der Waals surface area (Å²) in [5.74, 6) is 7.53. The third-order valence-corrected chi connectivity index (χ3v) is 9.13. The van der Waals surface area contributed by atoms with E-state index in [0.717, 1.165) is 55.2 Å². The molecule has 0 bridgehead atoms. The van der Waals surface area contributed by atoms with E-state index in [2.05, 4.69) is 46.5 Å². The third kappa shape index (κ3) is 8.05. The van der Waals surface area contributed by atoms with Gasteiger partial charge in [-0.1, -0.05) is 58.3 Å². The highest BCUT2D eigenvalue weighted by molar-refractivity contribution is 7.15. The number of rotatable bonds is 5. The zero-order valence-corrected chi connectivity index (χ0v) is 24.4. The van der Waals surface area contributed by atoms with E-state index >= 15 is 0 Å². The van der Waals surface area contributed by atoms with Gasteiger partial charge in [0.15, 0.2) is 5.79 Å². The van der Waals surface area contributed by atoms with Crippen LogP contribution in [0.2, 0.25) is 0 Å². The topological polar surface area (TPSA) is 65.1 Å². The maximum absolute atomic E-state index is 12.4. The molecule has 206 valence electrons. The van der Waals surface area contributed by atoms with Crippen LogP contribution in [0, 0.1) is 29.1 Å². The van der Waals surface area contributed by atoms with Crippen LogP contribution >= 0.6 is 11.3 Å². The van der Waals surface area contributed by atoms with E-state index in [4.69, 9.17) is 14.2 Å². The summed E-state index contributed by atoms with van der Waals surface area (Å²) < 4.78 is 16.5. The molecule has 1 spiro atoms. The molecular weight excluding hydrogens is 486 g/mol. The van der Waals surface area contributed by atoms with Crippen LogP contribution in [0.1, 0.15) is 107 Å². The Kier molecular flexibility index (Phi) is 10.6. The minimum absolute atomic E-state index is 0.0168. The average molecular weight is 532 g/mol. The molecule has 1 amide bonds. The maximum atomic E-state index is 12.4. The Labute approximate surface area is 227 Å². The molecule has 2 aliphatic carbocycles. The lowest BCUT2D eigenvalue weighted by Gasteiger charge is -2.38. The normalized spacial score (nSPS) is 23.4. The molecule has 4 rings (SSSR count). The van der Waals surface area contributed by atoms with Crippen LogP contribution in [0.4, 0.5) is 5.69 Å². The summed E-state index contributed by atoms with van der Waals surface area (Å²) in [5, 5.41) is 0. The van der Waals surface area contributed by atoms with Crippen LogP contribution in [0.5, 0.6) is 0 Å². The summed E-state index contributed by atoms with van der Waals surface area (Å²) in [6.45, 7) is 12.2. The molecule has 7 heteroatoms. The Bertz CT molecular complexity index is 940. The van der Waals surface area contributed by atoms with Crippen LogP contribution in [-0.2, 0) is 19.0 Å². The van der Waals surface area contributed by atoms with Crippen molar-refractivity contribution in [2.45, 2.75) is 104 Å². The van der Waals surface area contributed by atoms with Crippen molar-refractivity contribution in [3.8, 4) is 11.8 Å². The van der Waals surface area contributed by atoms with Gasteiger partial charge in [-0.25, -0.2) is 4.79 Å². The number of carbonyl (C=O) groups excluding carboxylic acids is 2. The lowest BCUT2D eigenvalue weighted by molar-refractivity contribution is -0.178. The van der Waals surface area contributed by atoms with E-state index < -0.39 is 11.8 Å². The van der Waals surface area contributed by atoms with Crippen molar-refractivity contribution in [1.82, 2.24) is 0 Å². The second kappa shape index (κ2) is 13.3. The molecule has 37 heavy (non-hydrogen) atoms. The molecule has 0 unspecified atom stereocenters. The second-order valence-electron chi connectivity index (χ2n) is 11.5. The molecule has 6 nitrogen and oxygen atoms in total. The number of methoxy groups -OCH3 is 1. The minimum atomic E-state index is -0.493. The SMILES string of the molecule is CC1CCC(C)CC1.CCC(C)(C)C#Cc1cc(N(C=O)C2CCC3(CC2)OCCO3)c(C(=O)OC)s1. The zero-order valence-electron chi connectivity index (χ0n) is 23.6. The van der Waals surface area contributed by atoms with Crippen LogP contribution in [0.25, 0.3) is 0 Å². The predicted octanol–water partition coefficient (Wildman–Crippen LogP) is 6.80. The highest BCUT2D eigenvalue weighted by atomic mass is 32.1. The van der Waals surface area contributed by atoms with Crippen molar-refractivity contribution in [1.29, 1.82) is 0 Å². The lowest BCUT2D eigenvalue weighted by atomic mass is 9.84. The number of carbonyl (C=O) groups is 2. The number of hydrogen-bond donors (Lipinski definition) is 0. The number of ether oxygens (including phenoxy) is 3. The summed E-state index contributed by atoms with van der Waals surface area (Å²) in [6.07, 6.45) is 10.6. The molecule has 3 fully saturated rings. The van der Waals surface area contributed by atoms with Crippen molar-refractivity contribution in [2.75, 3.05) is 25.2 Å². The molecule has 3 aliphatic rings. The van der Waals surface area contributed by atoms with Gasteiger partial charge in [-0.3, -0.25) is 4.79 Å². The maximum Gasteiger partial charge on any atom is 0.350 e. The molecule has 0 atom stereocenters. The van der Waals surface area contributed by atoms with Crippen LogP contribution in [0.15, 0.2) is 6.07 Å². The Morgan fingerprint density at radius 3 is 2.19 bits per heavy atom. The van der Waals surface area contributed by atoms with Gasteiger partial charge in [-0.2, -0.15) is 0 Å². The van der Waals surface area contributed by atoms with Gasteiger partial charge >= 0.3 is 5.97 Å². The van der Waals surface area contributed by atoms with Gasteiger partial charge in [0, 0.05) is 24.3 Å². The Balaban J connectivity index is 0.000000405. The molecule has 0 aromatic carbocycles. The van der Waals surface area contributed by atoms with Gasteiger partial charge in [-0.05, 0) is 51.0 Å². The van der Waals surface area contributed by atoms with Crippen LogP contribution in [0.3, 0.4) is 0 Å². The highest BCUT2D eigenvalue weighted by Crippen LogP contribution is 2.40. The van der Waals surface area contributed by atoms with Gasteiger partial charge in [0.2, 0.25) is 6.41 Å². The van der Waals surface area contributed by atoms with Crippen molar-refractivity contribution < 1.29 is 23.8 Å². The van der Waals surface area contributed by atoms with Gasteiger partial charge in [-0.15, -0.1) is 11.3 Å². The molecular formula is C30H45NO5S. The van der Waals surface area contributed by atoms with E-state index in [1.54, 1.807) is 4.90 Å². The van der Waals surface area contributed by atoms with E-state index in [9.17, 15) is 9.59 Å². The standard InChI is InChI=1S/C22H29NO5S.C8H16/c1-5-21(2,3)9-8-17-14-18(19(29-17)20(25)26-4)23(15-24)16-6-10-22(11-7-16)27-12-13-28-22;1-7-3-5-8(2)6-4-7/h14-16H,5-7,10-13H2,1-4H3;7-8H,3-6H2,1-2H3. The van der Waals surface area contributed by atoms with Gasteiger partial charge in [0.05, 0.1) is 30.9 Å². The monoisotopic (exact) mass is 531 g/mol. The van der Waals surface area contributed by atoms with Crippen LogP contribution < -0.4 is 4.90 Å². The van der Waals surface area contributed by atoms with Crippen molar-refractivity contribution in [3.05, 3.63) is 15.8 Å². The molecule has 1 aliphatic heterocycles. The van der Waals surface area contributed by atoms with Crippen LogP contribution in [-0.4, -0.2) is 44.5 Å². The quantitative estimate of drug-likeness (QED) is 0.237.